The SMILES string of the molecule is COc1ccc(C)cc1-n1ncc(C(=N)N)c1C. The van der Waals surface area contributed by atoms with Gasteiger partial charge in [-0.25, -0.2) is 4.68 Å². The number of nitrogens with zero attached hydrogens (tertiary/aromatic N) is 2. The Bertz CT molecular complexity index is 601. The number of aryl methyl sites for hydroxylation is 1. The summed E-state index contributed by atoms with van der Waals surface area (Å²) in [6, 6.07) is 5.87. The summed E-state index contributed by atoms with van der Waals surface area (Å²) >= 11 is 0. The molecule has 1 heterocycles. The van der Waals surface area contributed by atoms with Gasteiger partial charge in [-0.05, 0) is 31.5 Å². The molecule has 0 saturated carbocycles. The number of nitrogens with one attached hydrogen (secondary N) is 1. The van der Waals surface area contributed by atoms with Gasteiger partial charge in [-0.3, -0.25) is 5.41 Å². The Hall–Kier alpha value is -2.30. The molecule has 0 atom stereocenters. The molecule has 18 heavy (non-hydrogen) atoms. The molecule has 0 unspecified atom stereocenters. The van der Waals surface area contributed by atoms with Gasteiger partial charge in [0.1, 0.15) is 17.3 Å². The van der Waals surface area contributed by atoms with Gasteiger partial charge in [0, 0.05) is 0 Å². The van der Waals surface area contributed by atoms with Crippen LogP contribution in [0.5, 0.6) is 5.75 Å². The number of rotatable bonds is 3. The summed E-state index contributed by atoms with van der Waals surface area (Å²) in [6.45, 7) is 3.89. The van der Waals surface area contributed by atoms with Gasteiger partial charge in [0.25, 0.3) is 0 Å². The van der Waals surface area contributed by atoms with Gasteiger partial charge < -0.3 is 10.5 Å². The molecule has 0 aliphatic carbocycles. The molecule has 5 nitrogen and oxygen atoms in total. The van der Waals surface area contributed by atoms with E-state index in [1.54, 1.807) is 18.0 Å². The van der Waals surface area contributed by atoms with Gasteiger partial charge >= 0.3 is 0 Å². The molecule has 2 rings (SSSR count). The number of hydrogen-bond acceptors (Lipinski definition) is 3. The maximum atomic E-state index is 7.49. The smallest absolute Gasteiger partial charge is 0.144 e. The Morgan fingerprint density at radius 2 is 2.11 bits per heavy atom. The molecule has 1 aromatic heterocycles. The number of hydrogen-bond donors (Lipinski definition) is 2. The fourth-order valence-electron chi connectivity index (χ4n) is 1.88. The largest absolute Gasteiger partial charge is 0.494 e. The third-order valence-electron chi connectivity index (χ3n) is 2.86. The second-order valence-corrected chi connectivity index (χ2v) is 4.14. The average molecular weight is 244 g/mol. The van der Waals surface area contributed by atoms with Crippen LogP contribution in [0.25, 0.3) is 5.69 Å². The molecule has 5 heteroatoms. The molecule has 0 radical (unpaired) electrons. The van der Waals surface area contributed by atoms with Crippen molar-refractivity contribution >= 4 is 5.84 Å². The molecule has 94 valence electrons. The van der Waals surface area contributed by atoms with E-state index in [1.165, 1.54) is 0 Å². The van der Waals surface area contributed by atoms with Crippen LogP contribution in [0.15, 0.2) is 24.4 Å². The van der Waals surface area contributed by atoms with E-state index in [4.69, 9.17) is 15.9 Å². The number of nitrogens with two attached hydrogens (primary N) is 1. The molecule has 0 aliphatic rings. The minimum atomic E-state index is 0.0189. The van der Waals surface area contributed by atoms with E-state index in [-0.39, 0.29) is 5.84 Å². The normalized spacial score (nSPS) is 10.4. The number of benzene rings is 1. The van der Waals surface area contributed by atoms with Crippen LogP contribution < -0.4 is 10.5 Å². The highest BCUT2D eigenvalue weighted by Gasteiger charge is 2.13. The second kappa shape index (κ2) is 4.52. The summed E-state index contributed by atoms with van der Waals surface area (Å²) in [5.41, 5.74) is 8.93. The van der Waals surface area contributed by atoms with Gasteiger partial charge in [0.2, 0.25) is 0 Å². The Kier molecular flexibility index (Phi) is 3.06. The molecule has 0 aliphatic heterocycles. The minimum Gasteiger partial charge on any atom is -0.494 e. The van der Waals surface area contributed by atoms with Crippen LogP contribution in [-0.2, 0) is 0 Å². The third-order valence-corrected chi connectivity index (χ3v) is 2.86. The lowest BCUT2D eigenvalue weighted by atomic mass is 10.2. The molecule has 1 aromatic carbocycles. The van der Waals surface area contributed by atoms with E-state index in [2.05, 4.69) is 5.10 Å². The maximum Gasteiger partial charge on any atom is 0.144 e. The maximum absolute atomic E-state index is 7.49. The fourth-order valence-corrected chi connectivity index (χ4v) is 1.88. The summed E-state index contributed by atoms with van der Waals surface area (Å²) in [4.78, 5) is 0. The van der Waals surface area contributed by atoms with Crippen molar-refractivity contribution in [2.45, 2.75) is 13.8 Å². The Balaban J connectivity index is 2.61. The lowest BCUT2D eigenvalue weighted by molar-refractivity contribution is 0.411. The number of nitrogen functional groups attached to an aromatic ring is 1. The summed E-state index contributed by atoms with van der Waals surface area (Å²) in [5.74, 6) is 0.757. The molecular formula is C13H16N4O. The van der Waals surface area contributed by atoms with Gasteiger partial charge in [-0.1, -0.05) is 6.07 Å². The Labute approximate surface area is 106 Å². The predicted molar refractivity (Wildman–Crippen MR) is 70.6 cm³/mol. The number of aromatic nitrogens is 2. The zero-order valence-electron chi connectivity index (χ0n) is 10.7. The zero-order valence-corrected chi connectivity index (χ0v) is 10.7. The molecule has 0 bridgehead atoms. The molecule has 3 N–H and O–H groups in total. The van der Waals surface area contributed by atoms with Crippen LogP contribution in [0.4, 0.5) is 0 Å². The molecule has 0 amide bonds. The first-order valence-electron chi connectivity index (χ1n) is 5.58. The van der Waals surface area contributed by atoms with Crippen molar-refractivity contribution in [3.05, 3.63) is 41.2 Å². The van der Waals surface area contributed by atoms with Gasteiger partial charge in [-0.2, -0.15) is 5.10 Å². The number of methoxy groups -OCH3 is 1. The molecule has 2 aromatic rings. The topological polar surface area (TPSA) is 76.9 Å². The monoisotopic (exact) mass is 244 g/mol. The van der Waals surface area contributed by atoms with Crippen LogP contribution in [0.2, 0.25) is 0 Å². The van der Waals surface area contributed by atoms with E-state index in [0.717, 1.165) is 22.7 Å². The second-order valence-electron chi connectivity index (χ2n) is 4.14. The minimum absolute atomic E-state index is 0.0189. The van der Waals surface area contributed by atoms with Crippen molar-refractivity contribution < 1.29 is 4.74 Å². The van der Waals surface area contributed by atoms with Crippen molar-refractivity contribution in [3.63, 3.8) is 0 Å². The van der Waals surface area contributed by atoms with Crippen LogP contribution in [-0.4, -0.2) is 22.7 Å². The highest BCUT2D eigenvalue weighted by Crippen LogP contribution is 2.25. The molecular weight excluding hydrogens is 228 g/mol. The van der Waals surface area contributed by atoms with Gasteiger partial charge in [-0.15, -0.1) is 0 Å². The summed E-state index contributed by atoms with van der Waals surface area (Å²) < 4.78 is 7.07. The first-order valence-corrected chi connectivity index (χ1v) is 5.58. The first-order chi connectivity index (χ1) is 8.54. The van der Waals surface area contributed by atoms with Crippen molar-refractivity contribution in [3.8, 4) is 11.4 Å². The fraction of sp³-hybridized carbons (Fsp3) is 0.231. The first kappa shape index (κ1) is 12.2. The van der Waals surface area contributed by atoms with Crippen LogP contribution in [0, 0.1) is 19.3 Å². The van der Waals surface area contributed by atoms with Crippen LogP contribution >= 0.6 is 0 Å². The standard InChI is InChI=1S/C13H16N4O/c1-8-4-5-12(18-3)11(6-8)17-9(2)10(7-16-17)13(14)15/h4-7H,1-3H3,(H3,14,15). The summed E-state index contributed by atoms with van der Waals surface area (Å²) in [6.07, 6.45) is 1.60. The van der Waals surface area contributed by atoms with Crippen molar-refractivity contribution in [2.75, 3.05) is 7.11 Å². The average Bonchev–Trinajstić information content (AvgIpc) is 2.71. The number of amidine groups is 1. The van der Waals surface area contributed by atoms with Gasteiger partial charge in [0.15, 0.2) is 0 Å². The van der Waals surface area contributed by atoms with E-state index >= 15 is 0 Å². The third kappa shape index (κ3) is 1.95. The van der Waals surface area contributed by atoms with Gasteiger partial charge in [0.05, 0.1) is 24.6 Å². The van der Waals surface area contributed by atoms with E-state index in [0.29, 0.717) is 5.56 Å². The van der Waals surface area contributed by atoms with E-state index < -0.39 is 0 Å². The quantitative estimate of drug-likeness (QED) is 0.638. The molecule has 0 spiro atoms. The number of ether oxygens (including phenoxy) is 1. The summed E-state index contributed by atoms with van der Waals surface area (Å²) in [5, 5.41) is 11.8. The van der Waals surface area contributed by atoms with E-state index in [9.17, 15) is 0 Å². The van der Waals surface area contributed by atoms with Crippen LogP contribution in [0.1, 0.15) is 16.8 Å². The predicted octanol–water partition coefficient (Wildman–Crippen LogP) is 1.78. The lowest BCUT2D eigenvalue weighted by Crippen LogP contribution is -2.12. The van der Waals surface area contributed by atoms with Crippen molar-refractivity contribution in [1.82, 2.24) is 9.78 Å². The highest BCUT2D eigenvalue weighted by atomic mass is 16.5. The lowest BCUT2D eigenvalue weighted by Gasteiger charge is -2.11. The van der Waals surface area contributed by atoms with Crippen molar-refractivity contribution in [2.24, 2.45) is 5.73 Å². The Morgan fingerprint density at radius 1 is 1.39 bits per heavy atom. The summed E-state index contributed by atoms with van der Waals surface area (Å²) in [7, 11) is 1.62. The molecule has 0 saturated heterocycles. The molecule has 0 fully saturated rings. The van der Waals surface area contributed by atoms with Crippen molar-refractivity contribution in [1.29, 1.82) is 5.41 Å². The van der Waals surface area contributed by atoms with Crippen LogP contribution in [0.3, 0.4) is 0 Å². The highest BCUT2D eigenvalue weighted by molar-refractivity contribution is 5.95. The zero-order chi connectivity index (χ0) is 13.3. The van der Waals surface area contributed by atoms with E-state index in [1.807, 2.05) is 32.0 Å². The Morgan fingerprint density at radius 3 is 2.67 bits per heavy atom.